The zero-order chi connectivity index (χ0) is 18.1. The maximum absolute atomic E-state index is 13.6. The molecule has 1 N–H and O–H groups in total. The van der Waals surface area contributed by atoms with Crippen molar-refractivity contribution in [3.05, 3.63) is 36.3 Å². The third-order valence-electron chi connectivity index (χ3n) is 5.56. The average Bonchev–Trinajstić information content (AvgIpc) is 3.24. The van der Waals surface area contributed by atoms with Gasteiger partial charge in [0, 0.05) is 42.8 Å². The van der Waals surface area contributed by atoms with Crippen LogP contribution in [0.25, 0.3) is 10.9 Å². The molecule has 2 fully saturated rings. The van der Waals surface area contributed by atoms with Crippen LogP contribution < -0.4 is 5.32 Å². The summed E-state index contributed by atoms with van der Waals surface area (Å²) < 4.78 is 13.6. The summed E-state index contributed by atoms with van der Waals surface area (Å²) in [4.78, 5) is 20.9. The van der Waals surface area contributed by atoms with Crippen LogP contribution in [-0.2, 0) is 4.79 Å². The zero-order valence-corrected chi connectivity index (χ0v) is 15.1. The van der Waals surface area contributed by atoms with E-state index >= 15 is 0 Å². The fraction of sp³-hybridized carbons (Fsp3) is 0.500. The van der Waals surface area contributed by atoms with Crippen LogP contribution >= 0.6 is 0 Å². The topological polar surface area (TPSA) is 48.5 Å². The SMILES string of the molecule is C[C@@H]1CCCN1C(=O)CN1CC[C@@H](Nc2cccc3ncc(F)cc23)C1. The minimum atomic E-state index is -0.329. The second-order valence-corrected chi connectivity index (χ2v) is 7.47. The highest BCUT2D eigenvalue weighted by atomic mass is 19.1. The summed E-state index contributed by atoms with van der Waals surface area (Å²) in [6, 6.07) is 7.93. The van der Waals surface area contributed by atoms with Gasteiger partial charge in [-0.15, -0.1) is 0 Å². The van der Waals surface area contributed by atoms with Crippen LogP contribution in [0.4, 0.5) is 10.1 Å². The molecule has 0 spiro atoms. The molecule has 2 saturated heterocycles. The molecule has 1 aromatic carbocycles. The molecule has 3 heterocycles. The van der Waals surface area contributed by atoms with Crippen molar-refractivity contribution >= 4 is 22.5 Å². The summed E-state index contributed by atoms with van der Waals surface area (Å²) in [6.07, 6.45) is 4.45. The van der Waals surface area contributed by atoms with E-state index in [0.29, 0.717) is 12.6 Å². The van der Waals surface area contributed by atoms with Crippen LogP contribution in [0.1, 0.15) is 26.2 Å². The zero-order valence-electron chi connectivity index (χ0n) is 15.1. The van der Waals surface area contributed by atoms with Gasteiger partial charge in [0.15, 0.2) is 0 Å². The van der Waals surface area contributed by atoms with E-state index in [-0.39, 0.29) is 17.8 Å². The molecule has 138 valence electrons. The van der Waals surface area contributed by atoms with Gasteiger partial charge in [0.2, 0.25) is 5.91 Å². The Balaban J connectivity index is 1.39. The van der Waals surface area contributed by atoms with Gasteiger partial charge in [-0.3, -0.25) is 14.7 Å². The average molecular weight is 356 g/mol. The number of rotatable bonds is 4. The monoisotopic (exact) mass is 356 g/mol. The summed E-state index contributed by atoms with van der Waals surface area (Å²) in [6.45, 7) is 5.25. The van der Waals surface area contributed by atoms with Gasteiger partial charge in [0.1, 0.15) is 5.82 Å². The molecule has 6 heteroatoms. The lowest BCUT2D eigenvalue weighted by molar-refractivity contribution is -0.132. The van der Waals surface area contributed by atoms with E-state index in [0.717, 1.165) is 55.5 Å². The Morgan fingerprint density at radius 2 is 2.23 bits per heavy atom. The van der Waals surface area contributed by atoms with Crippen LogP contribution in [0, 0.1) is 5.82 Å². The number of anilines is 1. The molecule has 2 aromatic rings. The maximum atomic E-state index is 13.6. The largest absolute Gasteiger partial charge is 0.380 e. The molecule has 0 saturated carbocycles. The van der Waals surface area contributed by atoms with Crippen molar-refractivity contribution in [2.45, 2.75) is 38.3 Å². The third kappa shape index (κ3) is 3.51. The predicted molar refractivity (Wildman–Crippen MR) is 101 cm³/mol. The van der Waals surface area contributed by atoms with E-state index in [1.807, 2.05) is 23.1 Å². The first-order valence-electron chi connectivity index (χ1n) is 9.43. The molecule has 2 aliphatic heterocycles. The Morgan fingerprint density at radius 1 is 1.35 bits per heavy atom. The third-order valence-corrected chi connectivity index (χ3v) is 5.56. The number of pyridine rings is 1. The Bertz CT molecular complexity index is 811. The molecule has 26 heavy (non-hydrogen) atoms. The van der Waals surface area contributed by atoms with E-state index in [2.05, 4.69) is 22.1 Å². The first kappa shape index (κ1) is 17.2. The summed E-state index contributed by atoms with van der Waals surface area (Å²) in [5, 5.41) is 4.32. The van der Waals surface area contributed by atoms with Gasteiger partial charge in [-0.1, -0.05) is 6.07 Å². The second-order valence-electron chi connectivity index (χ2n) is 7.47. The summed E-state index contributed by atoms with van der Waals surface area (Å²) in [7, 11) is 0. The predicted octanol–water partition coefficient (Wildman–Crippen LogP) is 2.87. The lowest BCUT2D eigenvalue weighted by atomic mass is 10.1. The van der Waals surface area contributed by atoms with Crippen LogP contribution in [0.3, 0.4) is 0 Å². The molecular weight excluding hydrogens is 331 g/mol. The second kappa shape index (κ2) is 7.19. The smallest absolute Gasteiger partial charge is 0.236 e. The number of fused-ring (bicyclic) bond motifs is 1. The minimum Gasteiger partial charge on any atom is -0.380 e. The standard InChI is InChI=1S/C20H25FN4O/c1-14-4-3-8-25(14)20(26)13-24-9-7-16(12-24)23-19-6-2-5-18-17(19)10-15(21)11-22-18/h2,5-6,10-11,14,16,23H,3-4,7-9,12-13H2,1H3/t14-,16-/m1/s1. The number of hydrogen-bond acceptors (Lipinski definition) is 4. The van der Waals surface area contributed by atoms with E-state index in [1.54, 1.807) is 0 Å². The van der Waals surface area contributed by atoms with Crippen LogP contribution in [0.2, 0.25) is 0 Å². The molecule has 1 aromatic heterocycles. The number of nitrogens with zero attached hydrogens (tertiary/aromatic N) is 3. The Labute approximate surface area is 153 Å². The Hall–Kier alpha value is -2.21. The van der Waals surface area contributed by atoms with E-state index in [1.165, 1.54) is 12.3 Å². The van der Waals surface area contributed by atoms with E-state index < -0.39 is 0 Å². The van der Waals surface area contributed by atoms with Crippen molar-refractivity contribution in [1.82, 2.24) is 14.8 Å². The molecule has 4 rings (SSSR count). The number of nitrogens with one attached hydrogen (secondary N) is 1. The molecule has 1 amide bonds. The van der Waals surface area contributed by atoms with Gasteiger partial charge < -0.3 is 10.2 Å². The number of benzene rings is 1. The summed E-state index contributed by atoms with van der Waals surface area (Å²) in [5.74, 6) is -0.0859. The quantitative estimate of drug-likeness (QED) is 0.915. The normalized spacial score (nSPS) is 23.7. The van der Waals surface area contributed by atoms with Crippen molar-refractivity contribution < 1.29 is 9.18 Å². The molecule has 0 bridgehead atoms. The maximum Gasteiger partial charge on any atom is 0.236 e. The van der Waals surface area contributed by atoms with Crippen LogP contribution in [0.15, 0.2) is 30.5 Å². The fourth-order valence-corrected chi connectivity index (χ4v) is 4.15. The Kier molecular flexibility index (Phi) is 4.76. The van der Waals surface area contributed by atoms with Gasteiger partial charge in [-0.05, 0) is 44.4 Å². The molecule has 2 aliphatic rings. The van der Waals surface area contributed by atoms with Gasteiger partial charge >= 0.3 is 0 Å². The van der Waals surface area contributed by atoms with Crippen molar-refractivity contribution in [1.29, 1.82) is 0 Å². The number of amides is 1. The summed E-state index contributed by atoms with van der Waals surface area (Å²) in [5.41, 5.74) is 1.69. The Morgan fingerprint density at radius 3 is 3.04 bits per heavy atom. The molecule has 0 unspecified atom stereocenters. The number of likely N-dealkylation sites (tertiary alicyclic amines) is 2. The molecule has 0 radical (unpaired) electrons. The number of carbonyl (C=O) groups is 1. The molecule has 2 atom stereocenters. The lowest BCUT2D eigenvalue weighted by Crippen LogP contribution is -2.41. The lowest BCUT2D eigenvalue weighted by Gasteiger charge is -2.25. The fourth-order valence-electron chi connectivity index (χ4n) is 4.15. The van der Waals surface area contributed by atoms with Crippen LogP contribution in [0.5, 0.6) is 0 Å². The van der Waals surface area contributed by atoms with Gasteiger partial charge in [-0.2, -0.15) is 0 Å². The van der Waals surface area contributed by atoms with Crippen molar-refractivity contribution in [2.24, 2.45) is 0 Å². The minimum absolute atomic E-state index is 0.243. The highest BCUT2D eigenvalue weighted by Crippen LogP contribution is 2.25. The van der Waals surface area contributed by atoms with Gasteiger partial charge in [0.25, 0.3) is 0 Å². The first-order chi connectivity index (χ1) is 12.6. The molecular formula is C20H25FN4O. The highest BCUT2D eigenvalue weighted by Gasteiger charge is 2.29. The van der Waals surface area contributed by atoms with E-state index in [9.17, 15) is 9.18 Å². The number of hydrogen-bond donors (Lipinski definition) is 1. The number of carbonyl (C=O) groups excluding carboxylic acids is 1. The first-order valence-corrected chi connectivity index (χ1v) is 9.43. The molecule has 0 aliphatic carbocycles. The van der Waals surface area contributed by atoms with Crippen molar-refractivity contribution in [2.75, 3.05) is 31.5 Å². The highest BCUT2D eigenvalue weighted by molar-refractivity contribution is 5.91. The van der Waals surface area contributed by atoms with Crippen LogP contribution in [-0.4, -0.2) is 59.0 Å². The molecule has 5 nitrogen and oxygen atoms in total. The summed E-state index contributed by atoms with van der Waals surface area (Å²) >= 11 is 0. The van der Waals surface area contributed by atoms with Crippen molar-refractivity contribution in [3.63, 3.8) is 0 Å². The van der Waals surface area contributed by atoms with Crippen molar-refractivity contribution in [3.8, 4) is 0 Å². The number of aromatic nitrogens is 1. The number of halogens is 1. The van der Waals surface area contributed by atoms with Gasteiger partial charge in [-0.25, -0.2) is 4.39 Å². The van der Waals surface area contributed by atoms with Gasteiger partial charge in [0.05, 0.1) is 18.3 Å². The van der Waals surface area contributed by atoms with E-state index in [4.69, 9.17) is 0 Å².